The molecule has 2 aromatic rings. The van der Waals surface area contributed by atoms with Gasteiger partial charge in [0.25, 0.3) is 5.91 Å². The Labute approximate surface area is 171 Å². The van der Waals surface area contributed by atoms with Crippen LogP contribution in [0.5, 0.6) is 11.6 Å². The predicted octanol–water partition coefficient (Wildman–Crippen LogP) is 4.78. The number of primary amides is 1. The summed E-state index contributed by atoms with van der Waals surface area (Å²) >= 11 is 6.11. The van der Waals surface area contributed by atoms with Crippen LogP contribution >= 0.6 is 11.6 Å². The van der Waals surface area contributed by atoms with Crippen LogP contribution < -0.4 is 15.8 Å². The number of amides is 1. The maximum Gasteiger partial charge on any atom is 0.256 e. The number of carbonyl (C=O) groups excluding carboxylic acids is 1. The van der Waals surface area contributed by atoms with Crippen molar-refractivity contribution in [1.29, 1.82) is 0 Å². The number of ether oxygens (including phenoxy) is 2. The van der Waals surface area contributed by atoms with E-state index in [2.05, 4.69) is 10.3 Å². The van der Waals surface area contributed by atoms with E-state index in [4.69, 9.17) is 26.8 Å². The molecule has 1 heterocycles. The van der Waals surface area contributed by atoms with Gasteiger partial charge in [-0.25, -0.2) is 4.98 Å². The van der Waals surface area contributed by atoms with E-state index < -0.39 is 5.91 Å². The van der Waals surface area contributed by atoms with Gasteiger partial charge in [-0.2, -0.15) is 0 Å². The van der Waals surface area contributed by atoms with E-state index in [9.17, 15) is 4.79 Å². The monoisotopic (exact) mass is 405 g/mol. The van der Waals surface area contributed by atoms with Gasteiger partial charge in [0, 0.05) is 17.8 Å². The van der Waals surface area contributed by atoms with E-state index in [-0.39, 0.29) is 23.6 Å². The molecule has 0 aliphatic rings. The standard InChI is InChI=1S/C21H28ClN3O3/c1-7-16(14(5)27-6)25-17-10-13(4)24-21(18(17)20(23)26)28-19-11(2)8-15(22)9-12(19)3/h8-10,14,16H,7H2,1-6H3,(H2,23,26)(H,24,25). The smallest absolute Gasteiger partial charge is 0.256 e. The molecule has 2 unspecified atom stereocenters. The molecule has 6 nitrogen and oxygen atoms in total. The summed E-state index contributed by atoms with van der Waals surface area (Å²) in [7, 11) is 1.66. The van der Waals surface area contributed by atoms with E-state index in [1.165, 1.54) is 0 Å². The van der Waals surface area contributed by atoms with Crippen LogP contribution in [0.4, 0.5) is 5.69 Å². The molecule has 1 aromatic carbocycles. The molecule has 0 fully saturated rings. The number of anilines is 1. The predicted molar refractivity (Wildman–Crippen MR) is 113 cm³/mol. The molecule has 2 atom stereocenters. The Hall–Kier alpha value is -2.31. The second kappa shape index (κ2) is 9.26. The van der Waals surface area contributed by atoms with E-state index in [0.29, 0.717) is 22.2 Å². The fourth-order valence-corrected chi connectivity index (χ4v) is 3.47. The summed E-state index contributed by atoms with van der Waals surface area (Å²) in [4.78, 5) is 16.7. The van der Waals surface area contributed by atoms with Crippen molar-refractivity contribution in [3.05, 3.63) is 45.6 Å². The molecular formula is C21H28ClN3O3. The Morgan fingerprint density at radius 2 is 1.86 bits per heavy atom. The van der Waals surface area contributed by atoms with Crippen molar-refractivity contribution >= 4 is 23.2 Å². The number of methoxy groups -OCH3 is 1. The Morgan fingerprint density at radius 3 is 2.36 bits per heavy atom. The van der Waals surface area contributed by atoms with Gasteiger partial charge in [-0.05, 0) is 63.4 Å². The Kier molecular flexibility index (Phi) is 7.27. The average Bonchev–Trinajstić information content (AvgIpc) is 2.61. The fourth-order valence-electron chi connectivity index (χ4n) is 3.14. The van der Waals surface area contributed by atoms with Crippen LogP contribution in [-0.4, -0.2) is 30.1 Å². The van der Waals surface area contributed by atoms with Crippen molar-refractivity contribution in [2.75, 3.05) is 12.4 Å². The number of halogens is 1. The summed E-state index contributed by atoms with van der Waals surface area (Å²) in [6.07, 6.45) is 0.754. The van der Waals surface area contributed by atoms with Gasteiger partial charge in [0.2, 0.25) is 5.88 Å². The van der Waals surface area contributed by atoms with Crippen molar-refractivity contribution in [2.45, 2.75) is 53.2 Å². The average molecular weight is 406 g/mol. The third kappa shape index (κ3) is 4.94. The lowest BCUT2D eigenvalue weighted by Crippen LogP contribution is -2.33. The first kappa shape index (κ1) is 22.0. The van der Waals surface area contributed by atoms with Gasteiger partial charge < -0.3 is 20.5 Å². The third-order valence-corrected chi connectivity index (χ3v) is 4.92. The molecule has 2 rings (SSSR count). The Morgan fingerprint density at radius 1 is 1.25 bits per heavy atom. The number of aromatic nitrogens is 1. The zero-order valence-corrected chi connectivity index (χ0v) is 18.0. The molecule has 28 heavy (non-hydrogen) atoms. The van der Waals surface area contributed by atoms with Crippen LogP contribution in [0.15, 0.2) is 18.2 Å². The highest BCUT2D eigenvalue weighted by molar-refractivity contribution is 6.30. The number of rotatable bonds is 8. The molecule has 0 bridgehead atoms. The molecule has 1 aromatic heterocycles. The zero-order chi connectivity index (χ0) is 21.0. The lowest BCUT2D eigenvalue weighted by atomic mass is 10.1. The first-order valence-electron chi connectivity index (χ1n) is 9.23. The summed E-state index contributed by atoms with van der Waals surface area (Å²) in [5.74, 6) is 0.158. The molecule has 0 aliphatic heterocycles. The highest BCUT2D eigenvalue weighted by Gasteiger charge is 2.23. The van der Waals surface area contributed by atoms with Gasteiger partial charge in [-0.1, -0.05) is 18.5 Å². The molecular weight excluding hydrogens is 378 g/mol. The number of benzene rings is 1. The number of aryl methyl sites for hydroxylation is 3. The number of hydrogen-bond acceptors (Lipinski definition) is 5. The molecule has 0 saturated carbocycles. The minimum Gasteiger partial charge on any atom is -0.438 e. The van der Waals surface area contributed by atoms with E-state index in [1.54, 1.807) is 25.3 Å². The van der Waals surface area contributed by atoms with Crippen molar-refractivity contribution in [3.8, 4) is 11.6 Å². The SMILES string of the molecule is CCC(Nc1cc(C)nc(Oc2c(C)cc(Cl)cc2C)c1C(N)=O)C(C)OC. The molecule has 0 spiro atoms. The first-order valence-corrected chi connectivity index (χ1v) is 9.61. The second-order valence-electron chi connectivity index (χ2n) is 6.93. The van der Waals surface area contributed by atoms with Crippen LogP contribution in [0.1, 0.15) is 47.4 Å². The summed E-state index contributed by atoms with van der Waals surface area (Å²) in [6, 6.07) is 5.39. The van der Waals surface area contributed by atoms with Crippen LogP contribution in [-0.2, 0) is 4.74 Å². The number of carbonyl (C=O) groups is 1. The minimum atomic E-state index is -0.616. The van der Waals surface area contributed by atoms with Crippen molar-refractivity contribution in [2.24, 2.45) is 5.73 Å². The quantitative estimate of drug-likeness (QED) is 0.660. The highest BCUT2D eigenvalue weighted by Crippen LogP contribution is 2.35. The number of nitrogens with zero attached hydrogens (tertiary/aromatic N) is 1. The first-order chi connectivity index (χ1) is 13.2. The van der Waals surface area contributed by atoms with Crippen LogP contribution in [0, 0.1) is 20.8 Å². The van der Waals surface area contributed by atoms with Gasteiger partial charge in [0.15, 0.2) is 0 Å². The third-order valence-electron chi connectivity index (χ3n) is 4.70. The van der Waals surface area contributed by atoms with Gasteiger partial charge in [0.1, 0.15) is 11.3 Å². The number of nitrogens with two attached hydrogens (primary N) is 1. The minimum absolute atomic E-state index is 0.00301. The number of pyridine rings is 1. The topological polar surface area (TPSA) is 86.5 Å². The van der Waals surface area contributed by atoms with Crippen molar-refractivity contribution < 1.29 is 14.3 Å². The Balaban J connectivity index is 2.54. The van der Waals surface area contributed by atoms with E-state index >= 15 is 0 Å². The lowest BCUT2D eigenvalue weighted by molar-refractivity contribution is 0.0984. The van der Waals surface area contributed by atoms with Crippen LogP contribution in [0.3, 0.4) is 0 Å². The van der Waals surface area contributed by atoms with Crippen LogP contribution in [0.25, 0.3) is 0 Å². The van der Waals surface area contributed by atoms with Gasteiger partial charge in [0.05, 0.1) is 17.8 Å². The molecule has 7 heteroatoms. The molecule has 152 valence electrons. The molecule has 0 radical (unpaired) electrons. The van der Waals surface area contributed by atoms with Gasteiger partial charge >= 0.3 is 0 Å². The molecule has 3 N–H and O–H groups in total. The Bertz CT molecular complexity index is 847. The molecule has 0 saturated heterocycles. The van der Waals surface area contributed by atoms with E-state index in [0.717, 1.165) is 17.5 Å². The van der Waals surface area contributed by atoms with Gasteiger partial charge in [-0.3, -0.25) is 4.79 Å². The lowest BCUT2D eigenvalue weighted by Gasteiger charge is -2.25. The summed E-state index contributed by atoms with van der Waals surface area (Å²) in [5.41, 5.74) is 8.87. The summed E-state index contributed by atoms with van der Waals surface area (Å²) in [5, 5.41) is 3.99. The molecule has 0 aliphatic carbocycles. The summed E-state index contributed by atoms with van der Waals surface area (Å²) < 4.78 is 11.5. The number of nitrogens with one attached hydrogen (secondary N) is 1. The zero-order valence-electron chi connectivity index (χ0n) is 17.2. The number of hydrogen-bond donors (Lipinski definition) is 2. The normalized spacial score (nSPS) is 13.1. The molecule has 1 amide bonds. The maximum atomic E-state index is 12.3. The van der Waals surface area contributed by atoms with E-state index in [1.807, 2.05) is 34.6 Å². The maximum absolute atomic E-state index is 12.3. The van der Waals surface area contributed by atoms with Crippen molar-refractivity contribution in [3.63, 3.8) is 0 Å². The second-order valence-corrected chi connectivity index (χ2v) is 7.36. The van der Waals surface area contributed by atoms with Crippen LogP contribution in [0.2, 0.25) is 5.02 Å². The highest BCUT2D eigenvalue weighted by atomic mass is 35.5. The summed E-state index contributed by atoms with van der Waals surface area (Å²) in [6.45, 7) is 9.63. The fraction of sp³-hybridized carbons (Fsp3) is 0.429. The largest absolute Gasteiger partial charge is 0.438 e. The van der Waals surface area contributed by atoms with Crippen molar-refractivity contribution in [1.82, 2.24) is 4.98 Å². The van der Waals surface area contributed by atoms with Gasteiger partial charge in [-0.15, -0.1) is 0 Å².